The maximum Gasteiger partial charge on any atom is 0.242 e. The van der Waals surface area contributed by atoms with E-state index >= 15 is 0 Å². The van der Waals surface area contributed by atoms with E-state index in [2.05, 4.69) is 15.1 Å². The van der Waals surface area contributed by atoms with Crippen molar-refractivity contribution in [1.29, 1.82) is 0 Å². The van der Waals surface area contributed by atoms with E-state index in [-0.39, 0.29) is 10.6 Å². The number of hydrogen-bond acceptors (Lipinski definition) is 5. The van der Waals surface area contributed by atoms with Crippen molar-refractivity contribution < 1.29 is 12.8 Å². The van der Waals surface area contributed by atoms with Crippen LogP contribution in [-0.4, -0.2) is 51.1 Å². The molecule has 32 heavy (non-hydrogen) atoms. The van der Waals surface area contributed by atoms with E-state index < -0.39 is 15.8 Å². The molecule has 2 heterocycles. The number of hydrogen-bond donors (Lipinski definition) is 0. The Bertz CT molecular complexity index is 1430. The van der Waals surface area contributed by atoms with E-state index in [1.165, 1.54) is 43.6 Å². The highest BCUT2D eigenvalue weighted by molar-refractivity contribution is 7.89. The minimum absolute atomic E-state index is 0.146. The monoisotopic (exact) mass is 474 g/mol. The molecule has 0 spiro atoms. The van der Waals surface area contributed by atoms with Gasteiger partial charge in [0.05, 0.1) is 21.0 Å². The van der Waals surface area contributed by atoms with Crippen LogP contribution in [0.3, 0.4) is 0 Å². The molecule has 0 atom stereocenters. The molecule has 0 saturated carbocycles. The van der Waals surface area contributed by atoms with Crippen LogP contribution in [0.25, 0.3) is 27.8 Å². The first kappa shape index (κ1) is 22.1. The molecule has 8 nitrogen and oxygen atoms in total. The number of halogens is 2. The van der Waals surface area contributed by atoms with Gasteiger partial charge in [-0.2, -0.15) is 5.10 Å². The third kappa shape index (κ3) is 3.92. The van der Waals surface area contributed by atoms with Gasteiger partial charge in [-0.05, 0) is 48.9 Å². The minimum Gasteiger partial charge on any atom is -0.324 e. The van der Waals surface area contributed by atoms with Crippen molar-refractivity contribution in [2.24, 2.45) is 0 Å². The summed E-state index contributed by atoms with van der Waals surface area (Å²) in [6.07, 6.45) is 4.35. The van der Waals surface area contributed by atoms with Gasteiger partial charge in [0.1, 0.15) is 24.2 Å². The molecule has 11 heteroatoms. The Morgan fingerprint density at radius 3 is 2.62 bits per heavy atom. The van der Waals surface area contributed by atoms with Crippen LogP contribution in [-0.2, 0) is 16.6 Å². The first-order valence-corrected chi connectivity index (χ1v) is 11.5. The Morgan fingerprint density at radius 1 is 1.22 bits per heavy atom. The molecule has 166 valence electrons. The van der Waals surface area contributed by atoms with Crippen LogP contribution in [0.15, 0.2) is 53.9 Å². The smallest absolute Gasteiger partial charge is 0.242 e. The standard InChI is InChI=1S/C21H20ClFN6O2S/c1-4-28-20-8-6-15(32(30,31)27(2)3)11-18(20)26-21(28)16(22)9-14-5-7-19(17(23)10-14)29-13-24-12-25-29/h5-13H,4H2,1-3H3/b16-9-. The zero-order valence-corrected chi connectivity index (χ0v) is 19.1. The zero-order valence-electron chi connectivity index (χ0n) is 17.6. The summed E-state index contributed by atoms with van der Waals surface area (Å²) in [5, 5.41) is 4.23. The minimum atomic E-state index is -3.59. The highest BCUT2D eigenvalue weighted by Crippen LogP contribution is 2.28. The Morgan fingerprint density at radius 2 is 2.00 bits per heavy atom. The van der Waals surface area contributed by atoms with Crippen molar-refractivity contribution in [2.75, 3.05) is 14.1 Å². The van der Waals surface area contributed by atoms with Crippen LogP contribution < -0.4 is 0 Å². The van der Waals surface area contributed by atoms with E-state index in [1.807, 2.05) is 11.5 Å². The van der Waals surface area contributed by atoms with E-state index in [1.54, 1.807) is 30.3 Å². The van der Waals surface area contributed by atoms with Gasteiger partial charge in [0.25, 0.3) is 0 Å². The first-order valence-electron chi connectivity index (χ1n) is 9.67. The summed E-state index contributed by atoms with van der Waals surface area (Å²) < 4.78 is 43.8. The maximum atomic E-state index is 14.6. The number of fused-ring (bicyclic) bond motifs is 1. The first-order chi connectivity index (χ1) is 15.2. The predicted molar refractivity (Wildman–Crippen MR) is 121 cm³/mol. The molecule has 0 bridgehead atoms. The molecule has 0 saturated heterocycles. The van der Waals surface area contributed by atoms with Crippen LogP contribution in [0.4, 0.5) is 4.39 Å². The van der Waals surface area contributed by atoms with Crippen LogP contribution in [0.2, 0.25) is 0 Å². The number of imidazole rings is 1. The van der Waals surface area contributed by atoms with Gasteiger partial charge in [-0.3, -0.25) is 0 Å². The van der Waals surface area contributed by atoms with E-state index in [9.17, 15) is 12.8 Å². The Kier molecular flexibility index (Phi) is 5.85. The van der Waals surface area contributed by atoms with Crippen molar-refractivity contribution in [1.82, 2.24) is 28.6 Å². The Balaban J connectivity index is 1.75. The highest BCUT2D eigenvalue weighted by Gasteiger charge is 2.20. The van der Waals surface area contributed by atoms with Crippen LogP contribution >= 0.6 is 11.6 Å². The van der Waals surface area contributed by atoms with Crippen molar-refractivity contribution in [2.45, 2.75) is 18.4 Å². The van der Waals surface area contributed by atoms with Gasteiger partial charge < -0.3 is 4.57 Å². The molecule has 0 aliphatic rings. The lowest BCUT2D eigenvalue weighted by atomic mass is 10.2. The fourth-order valence-electron chi connectivity index (χ4n) is 3.33. The second-order valence-corrected chi connectivity index (χ2v) is 9.72. The molecular weight excluding hydrogens is 455 g/mol. The lowest BCUT2D eigenvalue weighted by Crippen LogP contribution is -2.22. The van der Waals surface area contributed by atoms with E-state index in [4.69, 9.17) is 11.6 Å². The van der Waals surface area contributed by atoms with E-state index in [0.29, 0.717) is 28.5 Å². The van der Waals surface area contributed by atoms with Crippen LogP contribution in [0.1, 0.15) is 18.3 Å². The molecule has 0 amide bonds. The number of sulfonamides is 1. The molecular formula is C21H20ClFN6O2S. The molecule has 0 aliphatic carbocycles. The Labute approximate surface area is 189 Å². The lowest BCUT2D eigenvalue weighted by molar-refractivity contribution is 0.521. The quantitative estimate of drug-likeness (QED) is 0.424. The second-order valence-electron chi connectivity index (χ2n) is 7.16. The van der Waals surface area contributed by atoms with Gasteiger partial charge in [-0.25, -0.2) is 31.8 Å². The predicted octanol–water partition coefficient (Wildman–Crippen LogP) is 3.76. The number of nitrogens with zero attached hydrogens (tertiary/aromatic N) is 6. The average Bonchev–Trinajstić information content (AvgIpc) is 3.41. The Hall–Kier alpha value is -3.08. The van der Waals surface area contributed by atoms with Gasteiger partial charge in [0.2, 0.25) is 10.0 Å². The molecule has 2 aromatic carbocycles. The summed E-state index contributed by atoms with van der Waals surface area (Å²) in [5.74, 6) is -0.0134. The van der Waals surface area contributed by atoms with Crippen LogP contribution in [0.5, 0.6) is 0 Å². The third-order valence-corrected chi connectivity index (χ3v) is 7.05. The van der Waals surface area contributed by atoms with Crippen LogP contribution in [0, 0.1) is 5.82 Å². The fourth-order valence-corrected chi connectivity index (χ4v) is 4.52. The number of rotatable bonds is 6. The van der Waals surface area contributed by atoms with Crippen molar-refractivity contribution in [3.05, 3.63) is 66.3 Å². The molecule has 4 aromatic rings. The summed E-state index contributed by atoms with van der Waals surface area (Å²) in [4.78, 5) is 8.53. The summed E-state index contributed by atoms with van der Waals surface area (Å²) in [5.41, 5.74) is 2.07. The normalized spacial score (nSPS) is 12.8. The van der Waals surface area contributed by atoms with E-state index in [0.717, 1.165) is 9.82 Å². The molecule has 0 N–H and O–H groups in total. The third-order valence-electron chi connectivity index (χ3n) is 4.96. The summed E-state index contributed by atoms with van der Waals surface area (Å²) in [7, 11) is -0.642. The molecule has 0 fully saturated rings. The number of aromatic nitrogens is 5. The van der Waals surface area contributed by atoms with Gasteiger partial charge >= 0.3 is 0 Å². The summed E-state index contributed by atoms with van der Waals surface area (Å²) >= 11 is 6.57. The van der Waals surface area contributed by atoms with Gasteiger partial charge in [-0.1, -0.05) is 17.7 Å². The largest absolute Gasteiger partial charge is 0.324 e. The van der Waals surface area contributed by atoms with Crippen molar-refractivity contribution >= 4 is 43.8 Å². The van der Waals surface area contributed by atoms with Crippen molar-refractivity contribution in [3.63, 3.8) is 0 Å². The summed E-state index contributed by atoms with van der Waals surface area (Å²) in [6, 6.07) is 9.43. The molecule has 0 aliphatic heterocycles. The van der Waals surface area contributed by atoms with Gasteiger partial charge in [-0.15, -0.1) is 0 Å². The van der Waals surface area contributed by atoms with Gasteiger partial charge in [0, 0.05) is 20.6 Å². The number of benzene rings is 2. The summed E-state index contributed by atoms with van der Waals surface area (Å²) in [6.45, 7) is 2.50. The topological polar surface area (TPSA) is 85.9 Å². The molecule has 0 radical (unpaired) electrons. The van der Waals surface area contributed by atoms with Crippen molar-refractivity contribution in [3.8, 4) is 5.69 Å². The lowest BCUT2D eigenvalue weighted by Gasteiger charge is -2.11. The highest BCUT2D eigenvalue weighted by atomic mass is 35.5. The SMILES string of the molecule is CCn1c(/C(Cl)=C/c2ccc(-n3cncn3)c(F)c2)nc2cc(S(=O)(=O)N(C)C)ccc21. The average molecular weight is 475 g/mol. The maximum absolute atomic E-state index is 14.6. The second kappa shape index (κ2) is 8.45. The molecule has 2 aromatic heterocycles. The fraction of sp³-hybridized carbons (Fsp3) is 0.190. The molecule has 4 rings (SSSR count). The zero-order chi connectivity index (χ0) is 23.0. The van der Waals surface area contributed by atoms with Gasteiger partial charge in [0.15, 0.2) is 5.82 Å². The molecule has 0 unspecified atom stereocenters. The number of aryl methyl sites for hydroxylation is 1.